The third-order valence-electron chi connectivity index (χ3n) is 2.06. The van der Waals surface area contributed by atoms with E-state index in [0.29, 0.717) is 13.0 Å². The van der Waals surface area contributed by atoms with E-state index in [0.717, 1.165) is 18.0 Å². The fourth-order valence-corrected chi connectivity index (χ4v) is 3.01. The van der Waals surface area contributed by atoms with Gasteiger partial charge in [0.15, 0.2) is 0 Å². The van der Waals surface area contributed by atoms with Gasteiger partial charge in [-0.2, -0.15) is 0 Å². The molecule has 2 N–H and O–H groups in total. The lowest BCUT2D eigenvalue weighted by Crippen LogP contribution is -2.27. The van der Waals surface area contributed by atoms with Crippen molar-refractivity contribution in [1.29, 1.82) is 0 Å². The molecule has 92 valence electrons. The van der Waals surface area contributed by atoms with Crippen LogP contribution < -0.4 is 10.0 Å². The van der Waals surface area contributed by atoms with Gasteiger partial charge in [-0.1, -0.05) is 13.0 Å². The standard InChI is InChI=1S/C10H18N2O2S2/c1-2-11-6-4-8-16(13,14)12-9-10-5-3-7-15-10/h3,5,7,11-12H,2,4,6,8-9H2,1H3. The number of thiophene rings is 1. The Morgan fingerprint density at radius 2 is 2.25 bits per heavy atom. The maximum atomic E-state index is 11.6. The van der Waals surface area contributed by atoms with Crippen LogP contribution in [0.1, 0.15) is 18.2 Å². The van der Waals surface area contributed by atoms with Gasteiger partial charge in [-0.15, -0.1) is 11.3 Å². The summed E-state index contributed by atoms with van der Waals surface area (Å²) < 4.78 is 25.7. The van der Waals surface area contributed by atoms with Gasteiger partial charge in [0.2, 0.25) is 10.0 Å². The van der Waals surface area contributed by atoms with Crippen molar-refractivity contribution in [1.82, 2.24) is 10.0 Å². The van der Waals surface area contributed by atoms with E-state index < -0.39 is 10.0 Å². The van der Waals surface area contributed by atoms with Crippen molar-refractivity contribution >= 4 is 21.4 Å². The summed E-state index contributed by atoms with van der Waals surface area (Å²) in [5.74, 6) is 0.186. The van der Waals surface area contributed by atoms with Crippen LogP contribution >= 0.6 is 11.3 Å². The molecule has 1 heterocycles. The monoisotopic (exact) mass is 262 g/mol. The van der Waals surface area contributed by atoms with Gasteiger partial charge in [0, 0.05) is 11.4 Å². The molecular weight excluding hydrogens is 244 g/mol. The largest absolute Gasteiger partial charge is 0.317 e. The first-order valence-electron chi connectivity index (χ1n) is 5.34. The summed E-state index contributed by atoms with van der Waals surface area (Å²) >= 11 is 1.56. The van der Waals surface area contributed by atoms with E-state index >= 15 is 0 Å². The minimum Gasteiger partial charge on any atom is -0.317 e. The second-order valence-electron chi connectivity index (χ2n) is 3.43. The third-order valence-corrected chi connectivity index (χ3v) is 4.35. The Morgan fingerprint density at radius 1 is 1.44 bits per heavy atom. The van der Waals surface area contributed by atoms with E-state index in [1.807, 2.05) is 24.4 Å². The Balaban J connectivity index is 2.23. The predicted molar refractivity (Wildman–Crippen MR) is 68.1 cm³/mol. The number of hydrogen-bond donors (Lipinski definition) is 2. The molecule has 1 aromatic heterocycles. The van der Waals surface area contributed by atoms with Gasteiger partial charge < -0.3 is 5.32 Å². The average molecular weight is 262 g/mol. The van der Waals surface area contributed by atoms with Gasteiger partial charge in [-0.05, 0) is 31.0 Å². The van der Waals surface area contributed by atoms with Crippen molar-refractivity contribution < 1.29 is 8.42 Å². The maximum Gasteiger partial charge on any atom is 0.211 e. The number of hydrogen-bond acceptors (Lipinski definition) is 4. The number of rotatable bonds is 8. The Kier molecular flexibility index (Phi) is 5.97. The summed E-state index contributed by atoms with van der Waals surface area (Å²) in [6, 6.07) is 3.84. The van der Waals surface area contributed by atoms with Gasteiger partial charge in [0.1, 0.15) is 0 Å². The van der Waals surface area contributed by atoms with Crippen LogP contribution in [0.25, 0.3) is 0 Å². The zero-order valence-corrected chi connectivity index (χ0v) is 11.0. The second-order valence-corrected chi connectivity index (χ2v) is 6.39. The highest BCUT2D eigenvalue weighted by Crippen LogP contribution is 2.08. The highest BCUT2D eigenvalue weighted by atomic mass is 32.2. The summed E-state index contributed by atoms with van der Waals surface area (Å²) in [7, 11) is -3.12. The van der Waals surface area contributed by atoms with E-state index in [4.69, 9.17) is 0 Å². The Hall–Kier alpha value is -0.430. The molecule has 0 aliphatic carbocycles. The van der Waals surface area contributed by atoms with Gasteiger partial charge in [-0.3, -0.25) is 0 Å². The van der Waals surface area contributed by atoms with E-state index in [1.165, 1.54) is 0 Å². The molecule has 1 aromatic rings. The van der Waals surface area contributed by atoms with Crippen molar-refractivity contribution in [3.8, 4) is 0 Å². The van der Waals surface area contributed by atoms with E-state index in [2.05, 4.69) is 10.0 Å². The molecule has 0 aliphatic rings. The van der Waals surface area contributed by atoms with Gasteiger partial charge >= 0.3 is 0 Å². The maximum absolute atomic E-state index is 11.6. The lowest BCUT2D eigenvalue weighted by Gasteiger charge is -2.05. The zero-order valence-electron chi connectivity index (χ0n) is 9.40. The lowest BCUT2D eigenvalue weighted by atomic mass is 10.5. The molecule has 0 fully saturated rings. The van der Waals surface area contributed by atoms with Gasteiger partial charge in [0.25, 0.3) is 0 Å². The summed E-state index contributed by atoms with van der Waals surface area (Å²) in [5.41, 5.74) is 0. The topological polar surface area (TPSA) is 58.2 Å². The minimum absolute atomic E-state index is 0.186. The normalized spacial score (nSPS) is 11.8. The molecule has 0 unspecified atom stereocenters. The molecule has 16 heavy (non-hydrogen) atoms. The molecule has 0 aromatic carbocycles. The van der Waals surface area contributed by atoms with Gasteiger partial charge in [0.05, 0.1) is 5.75 Å². The van der Waals surface area contributed by atoms with Crippen LogP contribution in [0.15, 0.2) is 17.5 Å². The Bertz CT molecular complexity index is 374. The number of nitrogens with one attached hydrogen (secondary N) is 2. The molecule has 0 aliphatic heterocycles. The van der Waals surface area contributed by atoms with Crippen molar-refractivity contribution in [3.63, 3.8) is 0 Å². The fraction of sp³-hybridized carbons (Fsp3) is 0.600. The molecule has 1 rings (SSSR count). The molecule has 0 spiro atoms. The third kappa shape index (κ3) is 5.60. The van der Waals surface area contributed by atoms with Crippen LogP contribution in [0, 0.1) is 0 Å². The lowest BCUT2D eigenvalue weighted by molar-refractivity contribution is 0.576. The SMILES string of the molecule is CCNCCCS(=O)(=O)NCc1cccs1. The molecule has 0 amide bonds. The quantitative estimate of drug-likeness (QED) is 0.691. The van der Waals surface area contributed by atoms with Crippen LogP contribution in [-0.4, -0.2) is 27.3 Å². The minimum atomic E-state index is -3.12. The van der Waals surface area contributed by atoms with E-state index in [-0.39, 0.29) is 5.75 Å². The smallest absolute Gasteiger partial charge is 0.211 e. The molecule has 0 saturated heterocycles. The van der Waals surface area contributed by atoms with Crippen LogP contribution in [0.2, 0.25) is 0 Å². The first-order valence-corrected chi connectivity index (χ1v) is 7.87. The highest BCUT2D eigenvalue weighted by Gasteiger charge is 2.09. The fourth-order valence-electron chi connectivity index (χ4n) is 1.23. The second kappa shape index (κ2) is 7.01. The first-order chi connectivity index (χ1) is 7.64. The molecule has 0 bridgehead atoms. The van der Waals surface area contributed by atoms with Crippen molar-refractivity contribution in [3.05, 3.63) is 22.4 Å². The summed E-state index contributed by atoms with van der Waals surface area (Å²) in [6.45, 7) is 4.03. The Morgan fingerprint density at radius 3 is 2.88 bits per heavy atom. The molecule has 0 atom stereocenters. The van der Waals surface area contributed by atoms with Crippen LogP contribution in [0.5, 0.6) is 0 Å². The summed E-state index contributed by atoms with van der Waals surface area (Å²) in [6.07, 6.45) is 0.646. The molecular formula is C10H18N2O2S2. The van der Waals surface area contributed by atoms with Crippen LogP contribution in [0.4, 0.5) is 0 Å². The van der Waals surface area contributed by atoms with Crippen molar-refractivity contribution in [2.24, 2.45) is 0 Å². The highest BCUT2D eigenvalue weighted by molar-refractivity contribution is 7.89. The Labute approximate surface area is 101 Å². The molecule has 0 saturated carbocycles. The molecule has 0 radical (unpaired) electrons. The van der Waals surface area contributed by atoms with Crippen LogP contribution in [-0.2, 0) is 16.6 Å². The van der Waals surface area contributed by atoms with Gasteiger partial charge in [-0.25, -0.2) is 13.1 Å². The van der Waals surface area contributed by atoms with E-state index in [9.17, 15) is 8.42 Å². The summed E-state index contributed by atoms with van der Waals surface area (Å²) in [4.78, 5) is 1.04. The summed E-state index contributed by atoms with van der Waals surface area (Å²) in [5, 5.41) is 5.04. The van der Waals surface area contributed by atoms with Crippen LogP contribution in [0.3, 0.4) is 0 Å². The molecule has 6 heteroatoms. The molecule has 4 nitrogen and oxygen atoms in total. The van der Waals surface area contributed by atoms with Crippen molar-refractivity contribution in [2.75, 3.05) is 18.8 Å². The zero-order chi connectivity index (χ0) is 11.9. The predicted octanol–water partition coefficient (Wildman–Crippen LogP) is 1.17. The van der Waals surface area contributed by atoms with Crippen molar-refractivity contribution in [2.45, 2.75) is 19.9 Å². The first kappa shape index (κ1) is 13.6. The van der Waals surface area contributed by atoms with E-state index in [1.54, 1.807) is 11.3 Å². The average Bonchev–Trinajstić information content (AvgIpc) is 2.75. The number of sulfonamides is 1.